The summed E-state index contributed by atoms with van der Waals surface area (Å²) >= 11 is 0. The number of benzene rings is 1. The highest BCUT2D eigenvalue weighted by Gasteiger charge is 2.32. The molecule has 24 heavy (non-hydrogen) atoms. The van der Waals surface area contributed by atoms with Gasteiger partial charge < -0.3 is 9.64 Å². The van der Waals surface area contributed by atoms with Crippen LogP contribution in [0.1, 0.15) is 37.2 Å². The zero-order valence-corrected chi connectivity index (χ0v) is 13.7. The van der Waals surface area contributed by atoms with E-state index in [1.165, 1.54) is 5.56 Å². The molecule has 2 aliphatic rings. The van der Waals surface area contributed by atoms with Crippen molar-refractivity contribution in [2.24, 2.45) is 5.92 Å². The first-order valence-electron chi connectivity index (χ1n) is 8.76. The first-order chi connectivity index (χ1) is 11.8. The molecule has 4 heteroatoms. The third-order valence-electron chi connectivity index (χ3n) is 5.24. The minimum absolute atomic E-state index is 0.121. The number of amides is 1. The zero-order chi connectivity index (χ0) is 16.4. The monoisotopic (exact) mass is 322 g/mol. The number of carbonyl (C=O) groups is 1. The van der Waals surface area contributed by atoms with Crippen molar-refractivity contribution < 1.29 is 9.53 Å². The van der Waals surface area contributed by atoms with Gasteiger partial charge >= 0.3 is 0 Å². The van der Waals surface area contributed by atoms with Gasteiger partial charge in [-0.15, -0.1) is 0 Å². The largest absolute Gasteiger partial charge is 0.489 e. The molecule has 4 nitrogen and oxygen atoms in total. The normalized spacial score (nSPS) is 23.2. The maximum atomic E-state index is 13.0. The van der Waals surface area contributed by atoms with Crippen LogP contribution in [0.2, 0.25) is 0 Å². The van der Waals surface area contributed by atoms with Crippen molar-refractivity contribution in [1.82, 2.24) is 4.98 Å². The second-order valence-electron chi connectivity index (χ2n) is 6.64. The Hall–Kier alpha value is -2.36. The van der Waals surface area contributed by atoms with Gasteiger partial charge in [0, 0.05) is 18.2 Å². The van der Waals surface area contributed by atoms with Gasteiger partial charge in [-0.1, -0.05) is 30.3 Å². The molecule has 0 atom stereocenters. The summed E-state index contributed by atoms with van der Waals surface area (Å²) in [6.07, 6.45) is 7.55. The van der Waals surface area contributed by atoms with Crippen LogP contribution in [0.25, 0.3) is 0 Å². The number of aromatic nitrogens is 1. The van der Waals surface area contributed by atoms with Crippen molar-refractivity contribution in [3.8, 4) is 5.75 Å². The number of carbonyl (C=O) groups excluding carboxylic acids is 1. The third-order valence-corrected chi connectivity index (χ3v) is 5.24. The van der Waals surface area contributed by atoms with Gasteiger partial charge in [0.15, 0.2) is 0 Å². The summed E-state index contributed by atoms with van der Waals surface area (Å²) in [7, 11) is 0. The fourth-order valence-corrected chi connectivity index (χ4v) is 3.91. The molecule has 1 saturated carbocycles. The van der Waals surface area contributed by atoms with Crippen LogP contribution in [0.5, 0.6) is 5.75 Å². The number of fused-ring (bicyclic) bond motifs is 1. The van der Waals surface area contributed by atoms with Crippen LogP contribution in [0.4, 0.5) is 5.69 Å². The molecule has 0 bridgehead atoms. The van der Waals surface area contributed by atoms with Gasteiger partial charge in [-0.2, -0.15) is 0 Å². The molecule has 0 spiro atoms. The van der Waals surface area contributed by atoms with Crippen LogP contribution in [0.15, 0.2) is 48.8 Å². The summed E-state index contributed by atoms with van der Waals surface area (Å²) < 4.78 is 5.63. The van der Waals surface area contributed by atoms with Gasteiger partial charge in [-0.05, 0) is 37.2 Å². The second-order valence-corrected chi connectivity index (χ2v) is 6.64. The van der Waals surface area contributed by atoms with Crippen molar-refractivity contribution in [1.29, 1.82) is 0 Å². The molecule has 0 radical (unpaired) electrons. The van der Waals surface area contributed by atoms with Crippen molar-refractivity contribution >= 4 is 11.6 Å². The lowest BCUT2D eigenvalue weighted by atomic mass is 9.78. The van der Waals surface area contributed by atoms with Gasteiger partial charge in [-0.3, -0.25) is 9.78 Å². The Morgan fingerprint density at radius 2 is 1.88 bits per heavy atom. The van der Waals surface area contributed by atoms with Crippen molar-refractivity contribution in [3.05, 3.63) is 54.4 Å². The van der Waals surface area contributed by atoms with Crippen molar-refractivity contribution in [2.75, 3.05) is 18.1 Å². The summed E-state index contributed by atoms with van der Waals surface area (Å²) in [6.45, 7) is 1.18. The lowest BCUT2D eigenvalue weighted by Gasteiger charge is -2.34. The first-order valence-corrected chi connectivity index (χ1v) is 8.76. The molecule has 0 saturated heterocycles. The molecule has 0 N–H and O–H groups in total. The maximum absolute atomic E-state index is 13.0. The maximum Gasteiger partial charge on any atom is 0.230 e. The van der Waals surface area contributed by atoms with Gasteiger partial charge in [-0.25, -0.2) is 0 Å². The number of anilines is 1. The average Bonchev–Trinajstić information content (AvgIpc) is 2.68. The van der Waals surface area contributed by atoms with E-state index in [0.717, 1.165) is 37.1 Å². The highest BCUT2D eigenvalue weighted by atomic mass is 16.5. The van der Waals surface area contributed by atoms with Crippen molar-refractivity contribution in [3.63, 3.8) is 0 Å². The van der Waals surface area contributed by atoms with Crippen LogP contribution in [-0.4, -0.2) is 24.0 Å². The van der Waals surface area contributed by atoms with Crippen LogP contribution < -0.4 is 9.64 Å². The Bertz CT molecular complexity index is 709. The summed E-state index contributed by atoms with van der Waals surface area (Å²) in [5, 5.41) is 0. The van der Waals surface area contributed by atoms with E-state index in [-0.39, 0.29) is 11.8 Å². The second kappa shape index (κ2) is 6.63. The number of ether oxygens (including phenoxy) is 1. The van der Waals surface area contributed by atoms with Gasteiger partial charge in [0.1, 0.15) is 18.0 Å². The molecule has 1 aliphatic carbocycles. The lowest BCUT2D eigenvalue weighted by molar-refractivity contribution is -0.123. The fourth-order valence-electron chi connectivity index (χ4n) is 3.91. The predicted octanol–water partition coefficient (Wildman–Crippen LogP) is 3.78. The highest BCUT2D eigenvalue weighted by molar-refractivity contribution is 5.96. The van der Waals surface area contributed by atoms with E-state index >= 15 is 0 Å². The quantitative estimate of drug-likeness (QED) is 0.845. The van der Waals surface area contributed by atoms with Crippen molar-refractivity contribution in [2.45, 2.75) is 31.6 Å². The molecule has 124 valence electrons. The third kappa shape index (κ3) is 2.88. The number of pyridine rings is 1. The Morgan fingerprint density at radius 3 is 2.67 bits per heavy atom. The molecular weight excluding hydrogens is 300 g/mol. The summed E-state index contributed by atoms with van der Waals surface area (Å²) in [5.41, 5.74) is 2.23. The number of hydrogen-bond acceptors (Lipinski definition) is 3. The molecule has 1 fully saturated rings. The SMILES string of the molecule is O=C(C1CCC(c2ccccc2)CC1)N1CCOc2ccncc21. The van der Waals surface area contributed by atoms with Crippen LogP contribution in [0.3, 0.4) is 0 Å². The van der Waals surface area contributed by atoms with E-state index in [0.29, 0.717) is 19.1 Å². The minimum atomic E-state index is 0.121. The fraction of sp³-hybridized carbons (Fsp3) is 0.400. The van der Waals surface area contributed by atoms with Crippen LogP contribution >= 0.6 is 0 Å². The van der Waals surface area contributed by atoms with E-state index in [4.69, 9.17) is 4.74 Å². The van der Waals surface area contributed by atoms with Gasteiger partial charge in [0.25, 0.3) is 0 Å². The Labute approximate surface area is 142 Å². The van der Waals surface area contributed by atoms with Gasteiger partial charge in [0.05, 0.1) is 12.7 Å². The van der Waals surface area contributed by atoms with E-state index < -0.39 is 0 Å². The Balaban J connectivity index is 1.44. The highest BCUT2D eigenvalue weighted by Crippen LogP contribution is 2.38. The van der Waals surface area contributed by atoms with E-state index in [1.54, 1.807) is 12.4 Å². The average molecular weight is 322 g/mol. The Morgan fingerprint density at radius 1 is 1.08 bits per heavy atom. The molecule has 0 unspecified atom stereocenters. The molecule has 1 aromatic carbocycles. The van der Waals surface area contributed by atoms with Gasteiger partial charge in [0.2, 0.25) is 5.91 Å². The summed E-state index contributed by atoms with van der Waals surface area (Å²) in [4.78, 5) is 19.0. The topological polar surface area (TPSA) is 42.4 Å². The first kappa shape index (κ1) is 15.2. The molecule has 1 amide bonds. The zero-order valence-electron chi connectivity index (χ0n) is 13.7. The summed E-state index contributed by atoms with van der Waals surface area (Å²) in [6, 6.07) is 12.5. The number of hydrogen-bond donors (Lipinski definition) is 0. The van der Waals surface area contributed by atoms with Crippen LogP contribution in [0, 0.1) is 5.92 Å². The molecule has 1 aliphatic heterocycles. The minimum Gasteiger partial charge on any atom is -0.489 e. The predicted molar refractivity (Wildman–Crippen MR) is 93.2 cm³/mol. The number of nitrogens with zero attached hydrogens (tertiary/aromatic N) is 2. The number of rotatable bonds is 2. The summed E-state index contributed by atoms with van der Waals surface area (Å²) in [5.74, 6) is 1.71. The van der Waals surface area contributed by atoms with Crippen LogP contribution in [-0.2, 0) is 4.79 Å². The standard InChI is InChI=1S/C20H22N2O2/c23-20(22-12-13-24-19-10-11-21-14-18(19)22)17-8-6-16(7-9-17)15-4-2-1-3-5-15/h1-5,10-11,14,16-17H,6-9,12-13H2. The Kier molecular flexibility index (Phi) is 4.20. The molecule has 4 rings (SSSR count). The van der Waals surface area contributed by atoms with E-state index in [2.05, 4.69) is 35.3 Å². The molecular formula is C20H22N2O2. The lowest BCUT2D eigenvalue weighted by Crippen LogP contribution is -2.42. The smallest absolute Gasteiger partial charge is 0.230 e. The molecule has 2 heterocycles. The molecule has 1 aromatic heterocycles. The van der Waals surface area contributed by atoms with E-state index in [9.17, 15) is 4.79 Å². The van der Waals surface area contributed by atoms with E-state index in [1.807, 2.05) is 11.0 Å². The molecule has 2 aromatic rings.